The van der Waals surface area contributed by atoms with Gasteiger partial charge in [-0.05, 0) is 36.2 Å². The van der Waals surface area contributed by atoms with Crippen LogP contribution in [-0.4, -0.2) is 5.11 Å². The van der Waals surface area contributed by atoms with Crippen LogP contribution in [-0.2, 0) is 12.0 Å². The lowest BCUT2D eigenvalue weighted by molar-refractivity contribution is 0.0567. The van der Waals surface area contributed by atoms with Gasteiger partial charge in [0, 0.05) is 6.42 Å². The Kier molecular flexibility index (Phi) is 4.14. The Morgan fingerprint density at radius 3 is 2.42 bits per heavy atom. The molecule has 2 rings (SSSR count). The molecule has 0 fully saturated rings. The standard InChI is InChI=1S/C15H13Cl2FO/c1-15(19,9-10-4-2-3-5-14(10)18)11-6-7-12(16)13(17)8-11/h2-8,19H,9H2,1H3. The fourth-order valence-corrected chi connectivity index (χ4v) is 2.24. The van der Waals surface area contributed by atoms with Crippen LogP contribution in [0.1, 0.15) is 18.1 Å². The molecule has 0 heterocycles. The second kappa shape index (κ2) is 5.49. The maximum absolute atomic E-state index is 13.6. The molecule has 1 atom stereocenters. The van der Waals surface area contributed by atoms with E-state index in [1.54, 1.807) is 43.3 Å². The van der Waals surface area contributed by atoms with Gasteiger partial charge in [-0.15, -0.1) is 0 Å². The molecule has 4 heteroatoms. The molecule has 0 spiro atoms. The van der Waals surface area contributed by atoms with E-state index < -0.39 is 5.60 Å². The van der Waals surface area contributed by atoms with Crippen LogP contribution in [0.3, 0.4) is 0 Å². The van der Waals surface area contributed by atoms with Gasteiger partial charge >= 0.3 is 0 Å². The fraction of sp³-hybridized carbons (Fsp3) is 0.200. The van der Waals surface area contributed by atoms with E-state index in [0.717, 1.165) is 0 Å². The van der Waals surface area contributed by atoms with E-state index in [-0.39, 0.29) is 12.2 Å². The minimum atomic E-state index is -1.21. The Balaban J connectivity index is 2.32. The Hall–Kier alpha value is -1.09. The summed E-state index contributed by atoms with van der Waals surface area (Å²) < 4.78 is 13.6. The van der Waals surface area contributed by atoms with Gasteiger partial charge in [0.05, 0.1) is 15.6 Å². The first-order valence-electron chi connectivity index (χ1n) is 5.81. The molecule has 0 amide bonds. The number of benzene rings is 2. The topological polar surface area (TPSA) is 20.2 Å². The van der Waals surface area contributed by atoms with Crippen LogP contribution in [0.15, 0.2) is 42.5 Å². The minimum absolute atomic E-state index is 0.164. The molecule has 0 radical (unpaired) electrons. The van der Waals surface area contributed by atoms with E-state index in [1.807, 2.05) is 0 Å². The van der Waals surface area contributed by atoms with Crippen LogP contribution in [0.5, 0.6) is 0 Å². The van der Waals surface area contributed by atoms with Crippen LogP contribution < -0.4 is 0 Å². The summed E-state index contributed by atoms with van der Waals surface area (Å²) in [7, 11) is 0. The highest BCUT2D eigenvalue weighted by Crippen LogP contribution is 2.31. The molecule has 0 saturated heterocycles. The monoisotopic (exact) mass is 298 g/mol. The molecular weight excluding hydrogens is 286 g/mol. The summed E-state index contributed by atoms with van der Waals surface area (Å²) in [5.41, 5.74) is -0.153. The molecule has 0 bridgehead atoms. The Morgan fingerprint density at radius 1 is 1.11 bits per heavy atom. The summed E-state index contributed by atoms with van der Waals surface area (Å²) in [4.78, 5) is 0. The maximum atomic E-state index is 13.6. The van der Waals surface area contributed by atoms with Crippen molar-refractivity contribution in [3.8, 4) is 0 Å². The van der Waals surface area contributed by atoms with Crippen LogP contribution in [0.2, 0.25) is 10.0 Å². The normalized spacial score (nSPS) is 14.2. The van der Waals surface area contributed by atoms with Crippen molar-refractivity contribution < 1.29 is 9.50 Å². The zero-order chi connectivity index (χ0) is 14.0. The fourth-order valence-electron chi connectivity index (χ4n) is 1.95. The van der Waals surface area contributed by atoms with Gasteiger partial charge in [-0.1, -0.05) is 47.5 Å². The quantitative estimate of drug-likeness (QED) is 0.879. The molecule has 0 aliphatic carbocycles. The smallest absolute Gasteiger partial charge is 0.126 e. The average Bonchev–Trinajstić information content (AvgIpc) is 2.35. The third-order valence-electron chi connectivity index (χ3n) is 3.03. The summed E-state index contributed by atoms with van der Waals surface area (Å²) in [6.07, 6.45) is 0.164. The van der Waals surface area contributed by atoms with Crippen LogP contribution >= 0.6 is 23.2 Å². The first-order valence-corrected chi connectivity index (χ1v) is 6.57. The second-order valence-corrected chi connectivity index (χ2v) is 5.49. The molecule has 2 aromatic rings. The largest absolute Gasteiger partial charge is 0.385 e. The maximum Gasteiger partial charge on any atom is 0.126 e. The third-order valence-corrected chi connectivity index (χ3v) is 3.77. The van der Waals surface area contributed by atoms with E-state index in [2.05, 4.69) is 0 Å². The highest BCUT2D eigenvalue weighted by atomic mass is 35.5. The SMILES string of the molecule is CC(O)(Cc1ccccc1F)c1ccc(Cl)c(Cl)c1. The lowest BCUT2D eigenvalue weighted by atomic mass is 9.89. The van der Waals surface area contributed by atoms with E-state index in [4.69, 9.17) is 23.2 Å². The van der Waals surface area contributed by atoms with Gasteiger partial charge in [-0.25, -0.2) is 4.39 Å². The van der Waals surface area contributed by atoms with Crippen LogP contribution in [0, 0.1) is 5.82 Å². The predicted molar refractivity (Wildman–Crippen MR) is 76.1 cm³/mol. The van der Waals surface area contributed by atoms with Crippen LogP contribution in [0.25, 0.3) is 0 Å². The summed E-state index contributed by atoms with van der Waals surface area (Å²) in [6.45, 7) is 1.62. The van der Waals surface area contributed by atoms with E-state index in [1.165, 1.54) is 6.07 Å². The summed E-state index contributed by atoms with van der Waals surface area (Å²) >= 11 is 11.8. The van der Waals surface area contributed by atoms with E-state index in [0.29, 0.717) is 21.2 Å². The number of hydrogen-bond acceptors (Lipinski definition) is 1. The van der Waals surface area contributed by atoms with Crippen molar-refractivity contribution in [2.75, 3.05) is 0 Å². The number of halogens is 3. The summed E-state index contributed by atoms with van der Waals surface area (Å²) in [5, 5.41) is 11.3. The van der Waals surface area contributed by atoms with Gasteiger partial charge in [-0.2, -0.15) is 0 Å². The van der Waals surface area contributed by atoms with E-state index in [9.17, 15) is 9.50 Å². The average molecular weight is 299 g/mol. The highest BCUT2D eigenvalue weighted by molar-refractivity contribution is 6.42. The van der Waals surface area contributed by atoms with Gasteiger partial charge in [-0.3, -0.25) is 0 Å². The van der Waals surface area contributed by atoms with Crippen LogP contribution in [0.4, 0.5) is 4.39 Å². The van der Waals surface area contributed by atoms with Gasteiger partial charge in [0.2, 0.25) is 0 Å². The van der Waals surface area contributed by atoms with Gasteiger partial charge in [0.1, 0.15) is 5.82 Å². The molecule has 0 aromatic heterocycles. The first kappa shape index (κ1) is 14.3. The van der Waals surface area contributed by atoms with E-state index >= 15 is 0 Å². The molecule has 0 aliphatic heterocycles. The molecule has 1 N–H and O–H groups in total. The van der Waals surface area contributed by atoms with Gasteiger partial charge in [0.15, 0.2) is 0 Å². The number of aliphatic hydroxyl groups is 1. The van der Waals surface area contributed by atoms with Crippen molar-refractivity contribution in [2.24, 2.45) is 0 Å². The molecule has 100 valence electrons. The van der Waals surface area contributed by atoms with Crippen molar-refractivity contribution >= 4 is 23.2 Å². The number of hydrogen-bond donors (Lipinski definition) is 1. The van der Waals surface area contributed by atoms with Crippen molar-refractivity contribution in [3.05, 3.63) is 69.5 Å². The van der Waals surface area contributed by atoms with Crippen molar-refractivity contribution in [2.45, 2.75) is 18.9 Å². The van der Waals surface area contributed by atoms with Crippen molar-refractivity contribution in [1.29, 1.82) is 0 Å². The van der Waals surface area contributed by atoms with Gasteiger partial charge in [0.25, 0.3) is 0 Å². The lowest BCUT2D eigenvalue weighted by Gasteiger charge is -2.24. The Morgan fingerprint density at radius 2 is 1.79 bits per heavy atom. The Labute approximate surface area is 121 Å². The second-order valence-electron chi connectivity index (χ2n) is 4.67. The Bertz CT molecular complexity index is 596. The third kappa shape index (κ3) is 3.27. The highest BCUT2D eigenvalue weighted by Gasteiger charge is 2.25. The molecule has 0 saturated carbocycles. The van der Waals surface area contributed by atoms with Gasteiger partial charge < -0.3 is 5.11 Å². The molecule has 1 unspecified atom stereocenters. The zero-order valence-corrected chi connectivity index (χ0v) is 11.8. The molecule has 1 nitrogen and oxygen atoms in total. The first-order chi connectivity index (χ1) is 8.90. The van der Waals surface area contributed by atoms with Crippen molar-refractivity contribution in [1.82, 2.24) is 0 Å². The number of rotatable bonds is 3. The van der Waals surface area contributed by atoms with Crippen molar-refractivity contribution in [3.63, 3.8) is 0 Å². The zero-order valence-electron chi connectivity index (χ0n) is 10.3. The lowest BCUT2D eigenvalue weighted by Crippen LogP contribution is -2.24. The minimum Gasteiger partial charge on any atom is -0.385 e. The predicted octanol–water partition coefficient (Wildman–Crippen LogP) is 4.58. The summed E-state index contributed by atoms with van der Waals surface area (Å²) in [5.74, 6) is -0.331. The molecule has 2 aromatic carbocycles. The molecular formula is C15H13Cl2FO. The molecule has 19 heavy (non-hydrogen) atoms. The molecule has 0 aliphatic rings. The summed E-state index contributed by atoms with van der Waals surface area (Å²) in [6, 6.07) is 11.3.